The Morgan fingerprint density at radius 2 is 1.69 bits per heavy atom. The summed E-state index contributed by atoms with van der Waals surface area (Å²) in [4.78, 5) is 11.9. The molecule has 0 aliphatic carbocycles. The molecule has 0 spiro atoms. The van der Waals surface area contributed by atoms with Gasteiger partial charge in [0.15, 0.2) is 0 Å². The summed E-state index contributed by atoms with van der Waals surface area (Å²) in [5, 5.41) is 1.49. The third kappa shape index (κ3) is 6.75. The largest absolute Gasteiger partial charge is 0.458 e. The maximum Gasteiger partial charge on any atom is 0.303 e. The Hall–Kier alpha value is -1.35. The van der Waals surface area contributed by atoms with Crippen LogP contribution in [-0.4, -0.2) is 20.1 Å². The van der Waals surface area contributed by atoms with E-state index in [9.17, 15) is 4.79 Å². The van der Waals surface area contributed by atoms with E-state index in [4.69, 9.17) is 4.74 Å². The molecular weight excluding hydrogens is 336 g/mol. The third-order valence-electron chi connectivity index (χ3n) is 5.76. The van der Waals surface area contributed by atoms with Gasteiger partial charge in [-0.05, 0) is 30.0 Å². The van der Waals surface area contributed by atoms with Crippen LogP contribution in [-0.2, 0) is 16.0 Å². The average molecular weight is 375 g/mol. The molecule has 0 radical (unpaired) electrons. The molecule has 0 bridgehead atoms. The van der Waals surface area contributed by atoms with Crippen LogP contribution in [0, 0.1) is 0 Å². The first kappa shape index (κ1) is 22.7. The topological polar surface area (TPSA) is 26.3 Å². The van der Waals surface area contributed by atoms with E-state index in [1.807, 2.05) is 6.07 Å². The molecule has 1 aromatic rings. The number of aryl methyl sites for hydroxylation is 1. The predicted octanol–water partition coefficient (Wildman–Crippen LogP) is 6.72. The smallest absolute Gasteiger partial charge is 0.303 e. The highest BCUT2D eigenvalue weighted by Gasteiger charge is 2.36. The van der Waals surface area contributed by atoms with E-state index in [0.717, 1.165) is 19.3 Å². The van der Waals surface area contributed by atoms with E-state index in [0.29, 0.717) is 0 Å². The van der Waals surface area contributed by atoms with Crippen molar-refractivity contribution in [3.05, 3.63) is 47.2 Å². The van der Waals surface area contributed by atoms with Crippen LogP contribution >= 0.6 is 0 Å². The van der Waals surface area contributed by atoms with Gasteiger partial charge in [0.1, 0.15) is 6.10 Å². The number of unbranched alkanes of at least 4 members (excludes halogenated alkanes) is 2. The number of carbonyl (C=O) groups is 1. The number of ether oxygens (including phenoxy) is 1. The molecule has 0 amide bonds. The maximum absolute atomic E-state index is 11.9. The highest BCUT2D eigenvalue weighted by molar-refractivity contribution is 6.86. The fourth-order valence-electron chi connectivity index (χ4n) is 3.93. The van der Waals surface area contributed by atoms with Crippen LogP contribution in [0.4, 0.5) is 0 Å². The Labute approximate surface area is 162 Å². The van der Waals surface area contributed by atoms with Gasteiger partial charge < -0.3 is 4.74 Å². The molecule has 3 heteroatoms. The van der Waals surface area contributed by atoms with E-state index >= 15 is 0 Å². The number of esters is 1. The first-order valence-electron chi connectivity index (χ1n) is 10.4. The minimum atomic E-state index is -1.58. The van der Waals surface area contributed by atoms with Crippen molar-refractivity contribution in [2.75, 3.05) is 0 Å². The zero-order valence-corrected chi connectivity index (χ0v) is 18.5. The van der Waals surface area contributed by atoms with Gasteiger partial charge in [0.05, 0.1) is 8.07 Å². The standard InChI is InChI=1S/C23H38O2Si/c1-6-10-12-17-23(26(7-2,8-3)9-4)22(25-20(5)24)19-18-21-15-13-11-14-16-21/h11,13-17,22H,6-10,12,18-19H2,1-5H3/b23-17-. The van der Waals surface area contributed by atoms with E-state index in [2.05, 4.69) is 58.0 Å². The monoisotopic (exact) mass is 374 g/mol. The Balaban J connectivity index is 3.13. The number of rotatable bonds is 12. The summed E-state index contributed by atoms with van der Waals surface area (Å²) < 4.78 is 5.90. The molecule has 0 saturated heterocycles. The second-order valence-corrected chi connectivity index (χ2v) is 12.5. The normalized spacial score (nSPS) is 13.5. The first-order valence-corrected chi connectivity index (χ1v) is 13.1. The summed E-state index contributed by atoms with van der Waals surface area (Å²) in [7, 11) is -1.58. The van der Waals surface area contributed by atoms with E-state index in [-0.39, 0.29) is 12.1 Å². The molecule has 2 nitrogen and oxygen atoms in total. The van der Waals surface area contributed by atoms with Gasteiger partial charge in [-0.15, -0.1) is 0 Å². The Kier molecular flexibility index (Phi) is 10.6. The van der Waals surface area contributed by atoms with Gasteiger partial charge in [-0.2, -0.15) is 0 Å². The van der Waals surface area contributed by atoms with Crippen molar-refractivity contribution >= 4 is 14.0 Å². The fraction of sp³-hybridized carbons (Fsp3) is 0.609. The number of allylic oxidation sites excluding steroid dienone is 1. The summed E-state index contributed by atoms with van der Waals surface area (Å²) in [6.07, 6.45) is 7.73. The van der Waals surface area contributed by atoms with Crippen molar-refractivity contribution < 1.29 is 9.53 Å². The lowest BCUT2D eigenvalue weighted by Gasteiger charge is -2.36. The molecule has 0 fully saturated rings. The fourth-order valence-corrected chi connectivity index (χ4v) is 8.12. The lowest BCUT2D eigenvalue weighted by atomic mass is 10.1. The first-order chi connectivity index (χ1) is 12.5. The highest BCUT2D eigenvalue weighted by atomic mass is 28.3. The van der Waals surface area contributed by atoms with E-state index < -0.39 is 8.07 Å². The minimum absolute atomic E-state index is 0.0592. The van der Waals surface area contributed by atoms with Crippen molar-refractivity contribution in [1.82, 2.24) is 0 Å². The van der Waals surface area contributed by atoms with Crippen LogP contribution in [0.15, 0.2) is 41.6 Å². The SMILES string of the molecule is CCCC/C=C(/C(CCc1ccccc1)OC(C)=O)[Si](CC)(CC)CC. The van der Waals surface area contributed by atoms with E-state index in [1.54, 1.807) is 6.92 Å². The van der Waals surface area contributed by atoms with Gasteiger partial charge in [0, 0.05) is 6.92 Å². The molecule has 0 aromatic heterocycles. The van der Waals surface area contributed by atoms with Gasteiger partial charge in [0.25, 0.3) is 0 Å². The molecule has 1 atom stereocenters. The third-order valence-corrected chi connectivity index (χ3v) is 11.6. The number of benzene rings is 1. The van der Waals surface area contributed by atoms with Gasteiger partial charge in [-0.1, -0.05) is 95.1 Å². The van der Waals surface area contributed by atoms with Gasteiger partial charge in [-0.25, -0.2) is 0 Å². The molecule has 1 unspecified atom stereocenters. The molecular formula is C23H38O2Si. The summed E-state index contributed by atoms with van der Waals surface area (Å²) in [5.41, 5.74) is 1.31. The second kappa shape index (κ2) is 12.1. The summed E-state index contributed by atoms with van der Waals surface area (Å²) in [5.74, 6) is -0.157. The van der Waals surface area contributed by atoms with Crippen LogP contribution in [0.5, 0.6) is 0 Å². The molecule has 0 heterocycles. The number of hydrogen-bond acceptors (Lipinski definition) is 2. The molecule has 0 aliphatic heterocycles. The quantitative estimate of drug-likeness (QED) is 0.231. The zero-order chi connectivity index (χ0) is 19.4. The Morgan fingerprint density at radius 3 is 2.19 bits per heavy atom. The lowest BCUT2D eigenvalue weighted by Crippen LogP contribution is -2.41. The Bertz CT molecular complexity index is 538. The van der Waals surface area contributed by atoms with Gasteiger partial charge in [0.2, 0.25) is 0 Å². The lowest BCUT2D eigenvalue weighted by molar-refractivity contribution is -0.144. The number of carbonyl (C=O) groups excluding carboxylic acids is 1. The highest BCUT2D eigenvalue weighted by Crippen LogP contribution is 2.34. The van der Waals surface area contributed by atoms with Crippen molar-refractivity contribution in [3.63, 3.8) is 0 Å². The molecule has 146 valence electrons. The zero-order valence-electron chi connectivity index (χ0n) is 17.5. The molecule has 1 rings (SSSR count). The van der Waals surface area contributed by atoms with Crippen LogP contribution in [0.25, 0.3) is 0 Å². The summed E-state index contributed by atoms with van der Waals surface area (Å²) >= 11 is 0. The minimum Gasteiger partial charge on any atom is -0.458 e. The summed E-state index contributed by atoms with van der Waals surface area (Å²) in [6.45, 7) is 10.8. The van der Waals surface area contributed by atoms with Crippen LogP contribution in [0.1, 0.15) is 65.9 Å². The molecule has 0 N–H and O–H groups in total. The second-order valence-electron chi connectivity index (χ2n) is 7.27. The van der Waals surface area contributed by atoms with Crippen LogP contribution in [0.2, 0.25) is 18.1 Å². The van der Waals surface area contributed by atoms with Crippen molar-refractivity contribution in [2.45, 2.75) is 91.0 Å². The van der Waals surface area contributed by atoms with Gasteiger partial charge in [-0.3, -0.25) is 4.79 Å². The molecule has 1 aromatic carbocycles. The van der Waals surface area contributed by atoms with Crippen LogP contribution in [0.3, 0.4) is 0 Å². The molecule has 0 aliphatic rings. The molecule has 26 heavy (non-hydrogen) atoms. The van der Waals surface area contributed by atoms with Crippen molar-refractivity contribution in [3.8, 4) is 0 Å². The maximum atomic E-state index is 11.9. The van der Waals surface area contributed by atoms with Crippen molar-refractivity contribution in [2.24, 2.45) is 0 Å². The average Bonchev–Trinajstić information content (AvgIpc) is 2.66. The van der Waals surface area contributed by atoms with Gasteiger partial charge >= 0.3 is 5.97 Å². The molecule has 0 saturated carbocycles. The van der Waals surface area contributed by atoms with Crippen LogP contribution < -0.4 is 0 Å². The predicted molar refractivity (Wildman–Crippen MR) is 115 cm³/mol. The van der Waals surface area contributed by atoms with E-state index in [1.165, 1.54) is 41.7 Å². The van der Waals surface area contributed by atoms with Crippen molar-refractivity contribution in [1.29, 1.82) is 0 Å². The number of hydrogen-bond donors (Lipinski definition) is 0. The Morgan fingerprint density at radius 1 is 1.08 bits per heavy atom. The summed E-state index contributed by atoms with van der Waals surface area (Å²) in [6, 6.07) is 14.2.